The second-order valence-corrected chi connectivity index (χ2v) is 4.93. The van der Waals surface area contributed by atoms with Crippen LogP contribution in [-0.4, -0.2) is 32.7 Å². The molecule has 1 rings (SSSR count). The van der Waals surface area contributed by atoms with E-state index in [1.165, 1.54) is 12.5 Å². The lowest BCUT2D eigenvalue weighted by atomic mass is 10.1. The number of rotatable bonds is 4. The lowest BCUT2D eigenvalue weighted by Crippen LogP contribution is -2.36. The van der Waals surface area contributed by atoms with Crippen LogP contribution in [-0.2, 0) is 9.53 Å². The topological polar surface area (TPSA) is 101 Å². The van der Waals surface area contributed by atoms with Crippen LogP contribution in [0.2, 0.25) is 0 Å². The molecule has 0 radical (unpaired) electrons. The van der Waals surface area contributed by atoms with Crippen molar-refractivity contribution in [1.29, 1.82) is 0 Å². The van der Waals surface area contributed by atoms with E-state index in [0.29, 0.717) is 5.69 Å². The molecule has 2 N–H and O–H groups in total. The molecule has 0 spiro atoms. The Morgan fingerprint density at radius 3 is 2.63 bits per heavy atom. The van der Waals surface area contributed by atoms with Crippen LogP contribution >= 0.6 is 0 Å². The molecule has 0 unspecified atom stereocenters. The Labute approximate surface area is 111 Å². The minimum absolute atomic E-state index is 0.281. The quantitative estimate of drug-likeness (QED) is 0.857. The molecule has 7 heteroatoms. The number of alkyl carbamates (subject to hydrolysis) is 1. The highest BCUT2D eigenvalue weighted by Crippen LogP contribution is 2.15. The summed E-state index contributed by atoms with van der Waals surface area (Å²) in [5.74, 6) is -1.04. The Morgan fingerprint density at radius 1 is 1.47 bits per heavy atom. The molecule has 0 aromatic carbocycles. The van der Waals surface area contributed by atoms with Crippen molar-refractivity contribution in [3.8, 4) is 0 Å². The first kappa shape index (κ1) is 14.9. The summed E-state index contributed by atoms with van der Waals surface area (Å²) in [6, 6.07) is 0.792. The van der Waals surface area contributed by atoms with Crippen LogP contribution in [0.15, 0.2) is 18.6 Å². The lowest BCUT2D eigenvalue weighted by molar-refractivity contribution is -0.137. The predicted molar refractivity (Wildman–Crippen MR) is 66.4 cm³/mol. The molecule has 0 aliphatic carbocycles. The van der Waals surface area contributed by atoms with Crippen molar-refractivity contribution in [2.75, 3.05) is 0 Å². The van der Waals surface area contributed by atoms with Crippen LogP contribution in [0, 0.1) is 0 Å². The number of nitrogens with one attached hydrogen (secondary N) is 1. The number of aliphatic carboxylic acids is 1. The van der Waals surface area contributed by atoms with Crippen LogP contribution in [0.5, 0.6) is 0 Å². The van der Waals surface area contributed by atoms with Crippen molar-refractivity contribution in [2.45, 2.75) is 38.8 Å². The van der Waals surface area contributed by atoms with Gasteiger partial charge in [-0.15, -0.1) is 0 Å². The zero-order valence-electron chi connectivity index (χ0n) is 11.1. The summed E-state index contributed by atoms with van der Waals surface area (Å²) in [4.78, 5) is 30.1. The summed E-state index contributed by atoms with van der Waals surface area (Å²) < 4.78 is 5.08. The van der Waals surface area contributed by atoms with Gasteiger partial charge in [0.05, 0.1) is 18.2 Å². The highest BCUT2D eigenvalue weighted by Gasteiger charge is 2.23. The van der Waals surface area contributed by atoms with Crippen molar-refractivity contribution < 1.29 is 19.4 Å². The summed E-state index contributed by atoms with van der Waals surface area (Å²) in [6.07, 6.45) is 1.81. The summed E-state index contributed by atoms with van der Waals surface area (Å²) in [6.45, 7) is 5.18. The summed E-state index contributed by atoms with van der Waals surface area (Å²) in [5, 5.41) is 11.3. The zero-order chi connectivity index (χ0) is 14.5. The van der Waals surface area contributed by atoms with E-state index in [1.54, 1.807) is 26.8 Å². The van der Waals surface area contributed by atoms with Crippen LogP contribution in [0.1, 0.15) is 38.9 Å². The first-order valence-corrected chi connectivity index (χ1v) is 5.75. The third-order valence-electron chi connectivity index (χ3n) is 2.03. The van der Waals surface area contributed by atoms with Crippen molar-refractivity contribution in [3.05, 3.63) is 24.3 Å². The van der Waals surface area contributed by atoms with Crippen molar-refractivity contribution in [2.24, 2.45) is 0 Å². The molecule has 1 heterocycles. The number of carbonyl (C=O) groups is 2. The van der Waals surface area contributed by atoms with E-state index >= 15 is 0 Å². The minimum Gasteiger partial charge on any atom is -0.481 e. The average Bonchev–Trinajstić information content (AvgIpc) is 2.26. The standard InChI is InChI=1S/C12H17N3O4/c1-12(2,3)19-11(18)15-9(6-10(16)17)8-4-5-13-7-14-8/h4-5,7,9H,6H2,1-3H3,(H,15,18)(H,16,17)/t9-/m0/s1. The summed E-state index contributed by atoms with van der Waals surface area (Å²) in [7, 11) is 0. The Kier molecular flexibility index (Phi) is 4.80. The van der Waals surface area contributed by atoms with E-state index in [9.17, 15) is 9.59 Å². The van der Waals surface area contributed by atoms with Gasteiger partial charge in [-0.25, -0.2) is 14.8 Å². The average molecular weight is 267 g/mol. The van der Waals surface area contributed by atoms with E-state index in [-0.39, 0.29) is 6.42 Å². The molecule has 1 atom stereocenters. The molecule has 0 aliphatic rings. The third kappa shape index (κ3) is 5.80. The van der Waals surface area contributed by atoms with Gasteiger partial charge in [-0.3, -0.25) is 4.79 Å². The van der Waals surface area contributed by atoms with Gasteiger partial charge in [-0.1, -0.05) is 0 Å². The number of ether oxygens (including phenoxy) is 1. The van der Waals surface area contributed by atoms with Gasteiger partial charge in [0, 0.05) is 6.20 Å². The Bertz CT molecular complexity index is 442. The molecule has 0 saturated carbocycles. The number of carboxylic acid groups (broad SMARTS) is 1. The second kappa shape index (κ2) is 6.12. The highest BCUT2D eigenvalue weighted by molar-refractivity contribution is 5.71. The fourth-order valence-electron chi connectivity index (χ4n) is 1.36. The Balaban J connectivity index is 2.76. The molecule has 7 nitrogen and oxygen atoms in total. The maximum Gasteiger partial charge on any atom is 0.408 e. The van der Waals surface area contributed by atoms with Gasteiger partial charge in [0.2, 0.25) is 0 Å². The Hall–Kier alpha value is -2.18. The van der Waals surface area contributed by atoms with Gasteiger partial charge < -0.3 is 15.2 Å². The molecule has 0 fully saturated rings. The molecule has 0 bridgehead atoms. The van der Waals surface area contributed by atoms with Crippen molar-refractivity contribution >= 4 is 12.1 Å². The van der Waals surface area contributed by atoms with Gasteiger partial charge in [0.1, 0.15) is 11.9 Å². The lowest BCUT2D eigenvalue weighted by Gasteiger charge is -2.22. The molecular weight excluding hydrogens is 250 g/mol. The van der Waals surface area contributed by atoms with Crippen molar-refractivity contribution in [1.82, 2.24) is 15.3 Å². The van der Waals surface area contributed by atoms with Gasteiger partial charge in [0.25, 0.3) is 0 Å². The summed E-state index contributed by atoms with van der Waals surface area (Å²) in [5.41, 5.74) is -0.230. The highest BCUT2D eigenvalue weighted by atomic mass is 16.6. The van der Waals surface area contributed by atoms with Gasteiger partial charge in [0.15, 0.2) is 0 Å². The van der Waals surface area contributed by atoms with Crippen LogP contribution in [0.25, 0.3) is 0 Å². The molecular formula is C12H17N3O4. The minimum atomic E-state index is -1.04. The fourth-order valence-corrected chi connectivity index (χ4v) is 1.36. The zero-order valence-corrected chi connectivity index (χ0v) is 11.1. The maximum atomic E-state index is 11.7. The van der Waals surface area contributed by atoms with E-state index in [1.807, 2.05) is 0 Å². The first-order valence-electron chi connectivity index (χ1n) is 5.75. The number of amides is 1. The smallest absolute Gasteiger partial charge is 0.408 e. The van der Waals surface area contributed by atoms with Crippen LogP contribution in [0.4, 0.5) is 4.79 Å². The molecule has 19 heavy (non-hydrogen) atoms. The van der Waals surface area contributed by atoms with E-state index in [2.05, 4.69) is 15.3 Å². The maximum absolute atomic E-state index is 11.7. The van der Waals surface area contributed by atoms with Crippen LogP contribution in [0.3, 0.4) is 0 Å². The monoisotopic (exact) mass is 267 g/mol. The number of aromatic nitrogens is 2. The Morgan fingerprint density at radius 2 is 2.16 bits per heavy atom. The molecule has 0 saturated heterocycles. The molecule has 0 aliphatic heterocycles. The number of hydrogen-bond acceptors (Lipinski definition) is 5. The molecule has 104 valence electrons. The fraction of sp³-hybridized carbons (Fsp3) is 0.500. The number of hydrogen-bond donors (Lipinski definition) is 2. The number of nitrogens with zero attached hydrogens (tertiary/aromatic N) is 2. The van der Waals surface area contributed by atoms with E-state index in [0.717, 1.165) is 0 Å². The largest absolute Gasteiger partial charge is 0.481 e. The van der Waals surface area contributed by atoms with Crippen molar-refractivity contribution in [3.63, 3.8) is 0 Å². The predicted octanol–water partition coefficient (Wildman–Crippen LogP) is 1.52. The number of carbonyl (C=O) groups excluding carboxylic acids is 1. The van der Waals surface area contributed by atoms with Gasteiger partial charge >= 0.3 is 12.1 Å². The first-order chi connectivity index (χ1) is 8.78. The summed E-state index contributed by atoms with van der Waals surface area (Å²) >= 11 is 0. The SMILES string of the molecule is CC(C)(C)OC(=O)N[C@@H](CC(=O)O)c1ccncn1. The van der Waals surface area contributed by atoms with Crippen LogP contribution < -0.4 is 5.32 Å². The van der Waals surface area contributed by atoms with E-state index < -0.39 is 23.7 Å². The third-order valence-corrected chi connectivity index (χ3v) is 2.03. The normalized spacial score (nSPS) is 12.6. The van der Waals surface area contributed by atoms with Gasteiger partial charge in [-0.2, -0.15) is 0 Å². The molecule has 1 amide bonds. The second-order valence-electron chi connectivity index (χ2n) is 4.93. The van der Waals surface area contributed by atoms with E-state index in [4.69, 9.17) is 9.84 Å². The van der Waals surface area contributed by atoms with Gasteiger partial charge in [-0.05, 0) is 26.8 Å². The number of carboxylic acids is 1. The molecule has 1 aromatic rings. The molecule has 1 aromatic heterocycles.